The highest BCUT2D eigenvalue weighted by atomic mass is 16.5. The maximum absolute atomic E-state index is 5.70. The lowest BCUT2D eigenvalue weighted by atomic mass is 10.2. The van der Waals surface area contributed by atoms with Crippen molar-refractivity contribution in [1.29, 1.82) is 0 Å². The van der Waals surface area contributed by atoms with E-state index in [1.54, 1.807) is 13.3 Å². The highest BCUT2D eigenvalue weighted by molar-refractivity contribution is 5.72. The molecule has 1 aromatic heterocycles. The summed E-state index contributed by atoms with van der Waals surface area (Å²) in [6.45, 7) is 2.02. The van der Waals surface area contributed by atoms with Crippen LogP contribution in [0.2, 0.25) is 0 Å². The van der Waals surface area contributed by atoms with Gasteiger partial charge >= 0.3 is 0 Å². The molecule has 0 aliphatic rings. The molecule has 0 unspecified atom stereocenters. The third kappa shape index (κ3) is 1.93. The standard InChI is InChI=1S/C11H14N4O/c1-7-3-4-10(16-2)8(5-7)14-9-6-13-15-11(9)12/h3-6,14H,1-2H3,(H3,12,13,15). The number of benzene rings is 1. The Morgan fingerprint density at radius 1 is 1.38 bits per heavy atom. The van der Waals surface area contributed by atoms with Gasteiger partial charge in [-0.05, 0) is 24.6 Å². The Kier molecular flexibility index (Phi) is 2.68. The molecule has 5 heteroatoms. The van der Waals surface area contributed by atoms with Crippen molar-refractivity contribution >= 4 is 17.2 Å². The van der Waals surface area contributed by atoms with Crippen LogP contribution < -0.4 is 15.8 Å². The van der Waals surface area contributed by atoms with Crippen LogP contribution in [-0.4, -0.2) is 17.3 Å². The molecule has 0 aliphatic heterocycles. The summed E-state index contributed by atoms with van der Waals surface area (Å²) in [5.74, 6) is 1.27. The molecule has 84 valence electrons. The number of rotatable bonds is 3. The summed E-state index contributed by atoms with van der Waals surface area (Å²) >= 11 is 0. The molecule has 0 radical (unpaired) electrons. The molecule has 2 aromatic rings. The Bertz CT molecular complexity index is 492. The molecule has 0 saturated heterocycles. The second-order valence-corrected chi connectivity index (χ2v) is 3.53. The van der Waals surface area contributed by atoms with Gasteiger partial charge in [0, 0.05) is 0 Å². The monoisotopic (exact) mass is 218 g/mol. The van der Waals surface area contributed by atoms with Crippen LogP contribution in [0.15, 0.2) is 24.4 Å². The Morgan fingerprint density at radius 3 is 2.81 bits per heavy atom. The minimum atomic E-state index is 0.503. The minimum absolute atomic E-state index is 0.503. The second-order valence-electron chi connectivity index (χ2n) is 3.53. The molecular formula is C11H14N4O. The number of aromatic amines is 1. The van der Waals surface area contributed by atoms with Crippen molar-refractivity contribution in [3.8, 4) is 5.75 Å². The fourth-order valence-electron chi connectivity index (χ4n) is 1.46. The molecule has 0 saturated carbocycles. The average Bonchev–Trinajstić information content (AvgIpc) is 2.65. The molecule has 16 heavy (non-hydrogen) atoms. The van der Waals surface area contributed by atoms with Gasteiger partial charge in [-0.25, -0.2) is 0 Å². The first-order chi connectivity index (χ1) is 7.70. The van der Waals surface area contributed by atoms with Crippen molar-refractivity contribution in [3.05, 3.63) is 30.0 Å². The zero-order chi connectivity index (χ0) is 11.5. The smallest absolute Gasteiger partial charge is 0.143 e. The van der Waals surface area contributed by atoms with E-state index in [1.807, 2.05) is 25.1 Å². The predicted octanol–water partition coefficient (Wildman–Crippen LogP) is 2.05. The second kappa shape index (κ2) is 4.14. The van der Waals surface area contributed by atoms with Crippen molar-refractivity contribution < 1.29 is 4.74 Å². The molecule has 1 aromatic carbocycles. The number of aromatic nitrogens is 2. The van der Waals surface area contributed by atoms with Crippen molar-refractivity contribution in [1.82, 2.24) is 10.2 Å². The normalized spacial score (nSPS) is 10.1. The number of H-pyrrole nitrogens is 1. The lowest BCUT2D eigenvalue weighted by molar-refractivity contribution is 0.416. The number of hydrogen-bond acceptors (Lipinski definition) is 4. The van der Waals surface area contributed by atoms with E-state index in [0.717, 1.165) is 22.7 Å². The Labute approximate surface area is 93.6 Å². The highest BCUT2D eigenvalue weighted by Gasteiger charge is 2.06. The summed E-state index contributed by atoms with van der Waals surface area (Å²) in [4.78, 5) is 0. The van der Waals surface area contributed by atoms with Crippen LogP contribution in [0.3, 0.4) is 0 Å². The number of methoxy groups -OCH3 is 1. The van der Waals surface area contributed by atoms with Gasteiger partial charge in [0.15, 0.2) is 0 Å². The van der Waals surface area contributed by atoms with Crippen molar-refractivity contribution in [2.75, 3.05) is 18.2 Å². The van der Waals surface area contributed by atoms with Gasteiger partial charge in [0.2, 0.25) is 0 Å². The quantitative estimate of drug-likeness (QED) is 0.737. The Hall–Kier alpha value is -2.17. The third-order valence-corrected chi connectivity index (χ3v) is 2.29. The molecule has 1 heterocycles. The lowest BCUT2D eigenvalue weighted by Crippen LogP contribution is -1.97. The van der Waals surface area contributed by atoms with E-state index in [0.29, 0.717) is 5.82 Å². The molecule has 0 fully saturated rings. The van der Waals surface area contributed by atoms with Crippen LogP contribution in [0.1, 0.15) is 5.56 Å². The molecule has 2 rings (SSSR count). The predicted molar refractivity (Wildman–Crippen MR) is 64.0 cm³/mol. The van der Waals surface area contributed by atoms with E-state index >= 15 is 0 Å². The van der Waals surface area contributed by atoms with Gasteiger partial charge in [-0.1, -0.05) is 6.07 Å². The molecule has 4 N–H and O–H groups in total. The van der Waals surface area contributed by atoms with Gasteiger partial charge in [0.25, 0.3) is 0 Å². The summed E-state index contributed by atoms with van der Waals surface area (Å²) in [6.07, 6.45) is 1.64. The van der Waals surface area contributed by atoms with Gasteiger partial charge in [-0.15, -0.1) is 0 Å². The highest BCUT2D eigenvalue weighted by Crippen LogP contribution is 2.29. The number of anilines is 3. The largest absolute Gasteiger partial charge is 0.495 e. The van der Waals surface area contributed by atoms with E-state index in [1.165, 1.54) is 0 Å². The fraction of sp³-hybridized carbons (Fsp3) is 0.182. The molecule has 0 spiro atoms. The van der Waals surface area contributed by atoms with Crippen LogP contribution in [-0.2, 0) is 0 Å². The lowest BCUT2D eigenvalue weighted by Gasteiger charge is -2.10. The van der Waals surface area contributed by atoms with Gasteiger partial charge in [-0.2, -0.15) is 5.10 Å². The van der Waals surface area contributed by atoms with Gasteiger partial charge in [0.1, 0.15) is 17.3 Å². The maximum Gasteiger partial charge on any atom is 0.143 e. The van der Waals surface area contributed by atoms with Gasteiger partial charge < -0.3 is 15.8 Å². The van der Waals surface area contributed by atoms with Crippen LogP contribution in [0.25, 0.3) is 0 Å². The van der Waals surface area contributed by atoms with Crippen LogP contribution in [0, 0.1) is 6.92 Å². The van der Waals surface area contributed by atoms with Crippen molar-refractivity contribution in [2.24, 2.45) is 0 Å². The average molecular weight is 218 g/mol. The summed E-state index contributed by atoms with van der Waals surface area (Å²) in [5, 5.41) is 9.68. The molecule has 0 aliphatic carbocycles. The Morgan fingerprint density at radius 2 is 2.19 bits per heavy atom. The fourth-order valence-corrected chi connectivity index (χ4v) is 1.46. The van der Waals surface area contributed by atoms with Crippen LogP contribution >= 0.6 is 0 Å². The summed E-state index contributed by atoms with van der Waals surface area (Å²) < 4.78 is 5.26. The number of aryl methyl sites for hydroxylation is 1. The number of nitrogens with one attached hydrogen (secondary N) is 2. The number of nitrogen functional groups attached to an aromatic ring is 1. The van der Waals surface area contributed by atoms with Crippen LogP contribution in [0.5, 0.6) is 5.75 Å². The summed E-state index contributed by atoms with van der Waals surface area (Å²) in [6, 6.07) is 5.89. The first-order valence-electron chi connectivity index (χ1n) is 4.91. The van der Waals surface area contributed by atoms with Gasteiger partial charge in [0.05, 0.1) is 19.0 Å². The number of ether oxygens (including phenoxy) is 1. The van der Waals surface area contributed by atoms with E-state index in [-0.39, 0.29) is 0 Å². The molecule has 0 bridgehead atoms. The zero-order valence-electron chi connectivity index (χ0n) is 9.24. The molecular weight excluding hydrogens is 204 g/mol. The van der Waals surface area contributed by atoms with E-state index < -0.39 is 0 Å². The van der Waals surface area contributed by atoms with E-state index in [4.69, 9.17) is 10.5 Å². The number of hydrogen-bond donors (Lipinski definition) is 3. The molecule has 0 atom stereocenters. The maximum atomic E-state index is 5.70. The van der Waals surface area contributed by atoms with Crippen molar-refractivity contribution in [2.45, 2.75) is 6.92 Å². The minimum Gasteiger partial charge on any atom is -0.495 e. The Balaban J connectivity index is 2.33. The van der Waals surface area contributed by atoms with E-state index in [9.17, 15) is 0 Å². The SMILES string of the molecule is COc1ccc(C)cc1Nc1cn[nH]c1N. The number of nitrogens with zero attached hydrogens (tertiary/aromatic N) is 1. The molecule has 0 amide bonds. The first-order valence-corrected chi connectivity index (χ1v) is 4.91. The zero-order valence-corrected chi connectivity index (χ0v) is 9.24. The van der Waals surface area contributed by atoms with Crippen molar-refractivity contribution in [3.63, 3.8) is 0 Å². The summed E-state index contributed by atoms with van der Waals surface area (Å²) in [7, 11) is 1.63. The first kappa shape index (κ1) is 10.4. The van der Waals surface area contributed by atoms with Gasteiger partial charge in [-0.3, -0.25) is 5.10 Å². The summed E-state index contributed by atoms with van der Waals surface area (Å²) in [5.41, 5.74) is 8.45. The topological polar surface area (TPSA) is 76.0 Å². The van der Waals surface area contributed by atoms with E-state index in [2.05, 4.69) is 15.5 Å². The van der Waals surface area contributed by atoms with Crippen LogP contribution in [0.4, 0.5) is 17.2 Å². The molecule has 5 nitrogen and oxygen atoms in total. The third-order valence-electron chi connectivity index (χ3n) is 2.29. The number of nitrogens with two attached hydrogens (primary N) is 1.